The van der Waals surface area contributed by atoms with Gasteiger partial charge in [-0.1, -0.05) is 34.6 Å². The Bertz CT molecular complexity index is 1050. The third kappa shape index (κ3) is 5.06. The van der Waals surface area contributed by atoms with Crippen molar-refractivity contribution in [2.75, 3.05) is 0 Å². The first-order valence-corrected chi connectivity index (χ1v) is 8.44. The lowest BCUT2D eigenvalue weighted by Crippen LogP contribution is -2.25. The van der Waals surface area contributed by atoms with Gasteiger partial charge in [-0.3, -0.25) is 4.79 Å². The zero-order chi connectivity index (χ0) is 21.0. The number of aromatic nitrogens is 4. The molecule has 0 radical (unpaired) electrons. The summed E-state index contributed by atoms with van der Waals surface area (Å²) in [6.45, 7) is 3.60. The summed E-state index contributed by atoms with van der Waals surface area (Å²) >= 11 is 0. The van der Waals surface area contributed by atoms with Gasteiger partial charge in [-0.2, -0.15) is 23.3 Å². The van der Waals surface area contributed by atoms with Crippen molar-refractivity contribution < 1.29 is 22.5 Å². The van der Waals surface area contributed by atoms with Gasteiger partial charge in [0.05, 0.1) is 12.3 Å². The molecule has 0 amide bonds. The molecule has 0 saturated heterocycles. The van der Waals surface area contributed by atoms with Crippen LogP contribution in [0.2, 0.25) is 0 Å². The van der Waals surface area contributed by atoms with Gasteiger partial charge in [-0.25, -0.2) is 4.68 Å². The van der Waals surface area contributed by atoms with E-state index in [4.69, 9.17) is 4.84 Å². The third-order valence-electron chi connectivity index (χ3n) is 3.70. The predicted octanol–water partition coefficient (Wildman–Crippen LogP) is 3.47. The maximum Gasteiger partial charge on any atom is 0.471 e. The molecule has 2 heterocycles. The van der Waals surface area contributed by atoms with Gasteiger partial charge in [-0.15, -0.1) is 0 Å². The maximum absolute atomic E-state index is 12.6. The van der Waals surface area contributed by atoms with Crippen LogP contribution in [0.1, 0.15) is 31.4 Å². The lowest BCUT2D eigenvalue weighted by Gasteiger charge is -2.16. The second-order valence-corrected chi connectivity index (χ2v) is 6.22. The van der Waals surface area contributed by atoms with Gasteiger partial charge in [0.2, 0.25) is 5.82 Å². The minimum absolute atomic E-state index is 0.0935. The van der Waals surface area contributed by atoms with Crippen LogP contribution in [0, 0.1) is 0 Å². The van der Waals surface area contributed by atoms with E-state index in [1.807, 2.05) is 0 Å². The van der Waals surface area contributed by atoms with Crippen LogP contribution in [0.25, 0.3) is 11.4 Å². The van der Waals surface area contributed by atoms with Gasteiger partial charge in [-0.05, 0) is 25.5 Å². The van der Waals surface area contributed by atoms with E-state index in [0.717, 1.165) is 0 Å². The highest BCUT2D eigenvalue weighted by atomic mass is 19.4. The van der Waals surface area contributed by atoms with Crippen molar-refractivity contribution in [1.29, 1.82) is 0 Å². The van der Waals surface area contributed by atoms with Crippen LogP contribution in [-0.4, -0.2) is 25.6 Å². The molecule has 0 fully saturated rings. The van der Waals surface area contributed by atoms with Crippen LogP contribution < -0.4 is 5.56 Å². The second-order valence-electron chi connectivity index (χ2n) is 6.22. The summed E-state index contributed by atoms with van der Waals surface area (Å²) in [5.41, 5.74) is 1.33. The van der Waals surface area contributed by atoms with E-state index in [2.05, 4.69) is 24.9 Å². The van der Waals surface area contributed by atoms with Gasteiger partial charge in [0.25, 0.3) is 5.56 Å². The molecule has 152 valence electrons. The highest BCUT2D eigenvalue weighted by Gasteiger charge is 2.38. The van der Waals surface area contributed by atoms with Crippen LogP contribution in [0.5, 0.6) is 0 Å². The summed E-state index contributed by atoms with van der Waals surface area (Å²) in [5, 5.41) is 11.3. The van der Waals surface area contributed by atoms with Crippen molar-refractivity contribution in [3.63, 3.8) is 0 Å². The van der Waals surface area contributed by atoms with E-state index >= 15 is 0 Å². The molecule has 1 atom stereocenters. The lowest BCUT2D eigenvalue weighted by atomic mass is 10.1. The summed E-state index contributed by atoms with van der Waals surface area (Å²) in [6.07, 6.45) is -3.89. The van der Waals surface area contributed by atoms with Crippen molar-refractivity contribution in [1.82, 2.24) is 19.9 Å². The molecule has 2 aromatic heterocycles. The van der Waals surface area contributed by atoms with Gasteiger partial charge in [0.15, 0.2) is 6.10 Å². The molecule has 0 N–H and O–H groups in total. The van der Waals surface area contributed by atoms with Crippen LogP contribution in [0.15, 0.2) is 57.1 Å². The van der Waals surface area contributed by atoms with Gasteiger partial charge >= 0.3 is 12.1 Å². The molecule has 29 heavy (non-hydrogen) atoms. The van der Waals surface area contributed by atoms with Crippen LogP contribution in [-0.2, 0) is 17.6 Å². The Morgan fingerprint density at radius 2 is 1.97 bits per heavy atom. The van der Waals surface area contributed by atoms with E-state index in [0.29, 0.717) is 16.8 Å². The number of alkyl halides is 3. The molecule has 1 unspecified atom stereocenters. The molecular formula is C18H16F3N5O3. The van der Waals surface area contributed by atoms with Gasteiger partial charge in [0, 0.05) is 17.8 Å². The molecule has 0 saturated carbocycles. The van der Waals surface area contributed by atoms with Crippen LogP contribution in [0.3, 0.4) is 0 Å². The first-order chi connectivity index (χ1) is 13.7. The quantitative estimate of drug-likeness (QED) is 0.459. The third-order valence-corrected chi connectivity index (χ3v) is 3.70. The highest BCUT2D eigenvalue weighted by molar-refractivity contribution is 5.78. The van der Waals surface area contributed by atoms with Crippen molar-refractivity contribution in [3.05, 3.63) is 64.4 Å². The molecule has 11 heteroatoms. The van der Waals surface area contributed by atoms with E-state index in [9.17, 15) is 18.0 Å². The van der Waals surface area contributed by atoms with Crippen LogP contribution in [0.4, 0.5) is 13.2 Å². The van der Waals surface area contributed by atoms with E-state index < -0.39 is 18.2 Å². The van der Waals surface area contributed by atoms with Crippen molar-refractivity contribution in [3.8, 4) is 11.4 Å². The number of nitrogens with zero attached hydrogens (tertiary/aromatic N) is 5. The van der Waals surface area contributed by atoms with E-state index in [1.54, 1.807) is 26.0 Å². The fourth-order valence-electron chi connectivity index (χ4n) is 2.35. The fourth-order valence-corrected chi connectivity index (χ4v) is 2.35. The first-order valence-electron chi connectivity index (χ1n) is 8.44. The Labute approximate surface area is 162 Å². The average Bonchev–Trinajstić information content (AvgIpc) is 3.17. The summed E-state index contributed by atoms with van der Waals surface area (Å²) in [5.74, 6) is -1.61. The molecule has 0 aliphatic rings. The predicted molar refractivity (Wildman–Crippen MR) is 95.8 cm³/mol. The Hall–Kier alpha value is -3.50. The molecule has 0 aliphatic carbocycles. The number of oxime groups is 1. The highest BCUT2D eigenvalue weighted by Crippen LogP contribution is 2.30. The molecule has 1 aromatic carbocycles. The first kappa shape index (κ1) is 20.2. The summed E-state index contributed by atoms with van der Waals surface area (Å²) in [6, 6.07) is 9.20. The average molecular weight is 407 g/mol. The number of benzene rings is 1. The topological polar surface area (TPSA) is 95.4 Å². The summed E-state index contributed by atoms with van der Waals surface area (Å²) < 4.78 is 43.3. The molecule has 3 aromatic rings. The van der Waals surface area contributed by atoms with E-state index in [1.165, 1.54) is 35.1 Å². The van der Waals surface area contributed by atoms with E-state index in [-0.39, 0.29) is 17.9 Å². The van der Waals surface area contributed by atoms with Crippen LogP contribution >= 0.6 is 0 Å². The molecular weight excluding hydrogens is 391 g/mol. The SMILES string of the molecule is CC(C)=NOC(Cn1ncccc1=O)c1ccc(-c2noc(C(F)(F)F)n2)cc1. The monoisotopic (exact) mass is 407 g/mol. The van der Waals surface area contributed by atoms with Gasteiger partial charge < -0.3 is 9.36 Å². The Kier molecular flexibility index (Phi) is 5.76. The zero-order valence-electron chi connectivity index (χ0n) is 15.4. The number of hydrogen-bond donors (Lipinski definition) is 0. The molecule has 3 rings (SSSR count). The van der Waals surface area contributed by atoms with Crippen molar-refractivity contribution in [2.24, 2.45) is 5.16 Å². The normalized spacial score (nSPS) is 12.4. The van der Waals surface area contributed by atoms with Gasteiger partial charge in [0.1, 0.15) is 0 Å². The minimum Gasteiger partial charge on any atom is -0.386 e. The minimum atomic E-state index is -4.71. The Morgan fingerprint density at radius 1 is 1.24 bits per heavy atom. The summed E-state index contributed by atoms with van der Waals surface area (Å²) in [4.78, 5) is 20.8. The smallest absolute Gasteiger partial charge is 0.386 e. The summed E-state index contributed by atoms with van der Waals surface area (Å²) in [7, 11) is 0. The second kappa shape index (κ2) is 8.25. The Morgan fingerprint density at radius 3 is 2.55 bits per heavy atom. The fraction of sp³-hybridized carbons (Fsp3) is 0.278. The largest absolute Gasteiger partial charge is 0.471 e. The molecule has 0 aliphatic heterocycles. The number of halogens is 3. The molecule has 0 bridgehead atoms. The molecule has 0 spiro atoms. The Balaban J connectivity index is 1.86. The van der Waals surface area contributed by atoms with Crippen molar-refractivity contribution in [2.45, 2.75) is 32.7 Å². The number of hydrogen-bond acceptors (Lipinski definition) is 7. The van der Waals surface area contributed by atoms with Crippen molar-refractivity contribution >= 4 is 5.71 Å². The zero-order valence-corrected chi connectivity index (χ0v) is 15.4. The maximum atomic E-state index is 12.6. The molecule has 8 nitrogen and oxygen atoms in total. The lowest BCUT2D eigenvalue weighted by molar-refractivity contribution is -0.159. The standard InChI is InChI=1S/C18H16F3N5O3/c1-11(2)24-28-14(10-26-15(27)4-3-9-22-26)12-5-7-13(8-6-12)16-23-17(29-25-16)18(19,20)21/h3-9,14H,10H2,1-2H3. The number of rotatable bonds is 6.